The summed E-state index contributed by atoms with van der Waals surface area (Å²) in [4.78, 5) is 70.2. The first-order chi connectivity index (χ1) is 67.3. The van der Waals surface area contributed by atoms with E-state index < -0.39 is 5.60 Å². The highest BCUT2D eigenvalue weighted by Crippen LogP contribution is 2.45. The molecule has 141 heavy (non-hydrogen) atoms. The molecule has 0 amide bonds. The number of benzene rings is 8. The van der Waals surface area contributed by atoms with E-state index in [9.17, 15) is 9.90 Å². The minimum absolute atomic E-state index is 0. The van der Waals surface area contributed by atoms with Crippen LogP contribution in [0.25, 0.3) is 89.2 Å². The number of halogens is 2. The molecule has 8 aromatic carbocycles. The molecule has 36 heteroatoms. The van der Waals surface area contributed by atoms with Gasteiger partial charge in [0.25, 0.3) is 0 Å². The number of hydrogen-bond acceptors (Lipinski definition) is 28. The summed E-state index contributed by atoms with van der Waals surface area (Å²) >= 11 is 12.4. The molecule has 17 aromatic rings. The van der Waals surface area contributed by atoms with Gasteiger partial charge in [0.15, 0.2) is 0 Å². The van der Waals surface area contributed by atoms with Crippen molar-refractivity contribution in [1.82, 2.24) is 99.2 Å². The van der Waals surface area contributed by atoms with Crippen molar-refractivity contribution in [1.29, 1.82) is 0 Å². The molecule has 728 valence electrons. The molecule has 0 radical (unpaired) electrons. The number of carbonyl (C=O) groups is 1. The number of aromatic nitrogens is 18. The molecule has 0 spiro atoms. The van der Waals surface area contributed by atoms with Gasteiger partial charge in [-0.2, -0.15) is 47.4 Å². The fourth-order valence-electron chi connectivity index (χ4n) is 16.8. The van der Waals surface area contributed by atoms with Crippen LogP contribution < -0.4 is 48.6 Å². The number of aliphatic hydroxyl groups excluding tert-OH is 1. The van der Waals surface area contributed by atoms with Gasteiger partial charge in [0, 0.05) is 244 Å². The van der Waals surface area contributed by atoms with Crippen LogP contribution >= 0.6 is 50.2 Å². The summed E-state index contributed by atoms with van der Waals surface area (Å²) in [5.74, 6) is 10.6. The Morgan fingerprint density at radius 2 is 0.844 bits per heavy atom. The van der Waals surface area contributed by atoms with Crippen molar-refractivity contribution in [3.8, 4) is 85.6 Å². The summed E-state index contributed by atoms with van der Waals surface area (Å²) in [6.07, 6.45) is 27.8. The number of carbonyl (C=O) groups excluding carboxylic acids is 1. The SMILES string of the molecule is COc1cc(OC)cc(N(CC#Cc2ncccn2)c2ccc3ncc(-c4cnn(C)c4)nc3c2)c1.COc1cc(OC)cc(N(CCN2C[C@@H]3C[C@H]2CC3C(=O)OC(C)(C)C)c2ccc3ncc(-c4cnn(C)c4)nc3c2)c1.COc1cccc(N(CCNC(C)C)c2ccc3ncc(-c4cnn(C)c4)nc3c2)c1.Cn1cc(-c2cnc3ccc(N(CCCO)c4cc(Cl)cc(Cl)c4)cc3n2)cn1.S.S. The first kappa shape index (κ1) is 102. The van der Waals surface area contributed by atoms with E-state index in [1.165, 1.54) is 0 Å². The minimum atomic E-state index is -0.458. The summed E-state index contributed by atoms with van der Waals surface area (Å²) in [5.41, 5.74) is 20.4. The first-order valence-corrected chi connectivity index (χ1v) is 46.3. The number of fused-ring (bicyclic) bond motifs is 6. The summed E-state index contributed by atoms with van der Waals surface area (Å²) in [5, 5.41) is 30.9. The second-order valence-corrected chi connectivity index (χ2v) is 35.8. The smallest absolute Gasteiger partial charge is 0.309 e. The monoisotopic (exact) mass is 1970 g/mol. The maximum Gasteiger partial charge on any atom is 0.309 e. The summed E-state index contributed by atoms with van der Waals surface area (Å²) in [6, 6.07) is 52.0. The number of nitrogens with one attached hydrogen (secondary N) is 1. The maximum atomic E-state index is 12.8. The quantitative estimate of drug-likeness (QED) is 0.0325. The predicted octanol–water partition coefficient (Wildman–Crippen LogP) is 18.5. The van der Waals surface area contributed by atoms with E-state index in [-0.39, 0.29) is 45.5 Å². The summed E-state index contributed by atoms with van der Waals surface area (Å²) in [7, 11) is 15.8. The van der Waals surface area contributed by atoms with Gasteiger partial charge in [-0.05, 0) is 161 Å². The molecule has 1 saturated heterocycles. The Hall–Kier alpha value is -14.6. The van der Waals surface area contributed by atoms with Gasteiger partial charge in [0.1, 0.15) is 34.3 Å². The number of hydrogen-bond donors (Lipinski definition) is 2. The lowest BCUT2D eigenvalue weighted by molar-refractivity contribution is -0.162. The van der Waals surface area contributed by atoms with Crippen LogP contribution in [0.4, 0.5) is 45.5 Å². The van der Waals surface area contributed by atoms with Crippen LogP contribution in [-0.4, -0.2) is 211 Å². The summed E-state index contributed by atoms with van der Waals surface area (Å²) < 4.78 is 40.4. The number of methoxy groups -OCH3 is 5. The molecular weight excluding hydrogens is 1860 g/mol. The topological polar surface area (TPSA) is 321 Å². The fraction of sp³-hybridized carbons (Fsp3) is 0.286. The third-order valence-corrected chi connectivity index (χ3v) is 24.0. The molecule has 2 fully saturated rings. The number of esters is 1. The fourth-order valence-corrected chi connectivity index (χ4v) is 17.3. The number of aryl methyl sites for hydroxylation is 4. The second-order valence-electron chi connectivity index (χ2n) is 34.9. The lowest BCUT2D eigenvalue weighted by Crippen LogP contribution is -2.42. The van der Waals surface area contributed by atoms with Crippen LogP contribution in [0.2, 0.25) is 10.0 Å². The van der Waals surface area contributed by atoms with E-state index in [1.807, 2.05) is 183 Å². The second kappa shape index (κ2) is 46.9. The van der Waals surface area contributed by atoms with Crippen molar-refractivity contribution in [2.24, 2.45) is 40.0 Å². The highest BCUT2D eigenvalue weighted by molar-refractivity contribution is 7.59. The minimum Gasteiger partial charge on any atom is -0.497 e. The third-order valence-electron chi connectivity index (χ3n) is 23.6. The number of piperidine rings is 1. The Balaban J connectivity index is 0.000000150. The number of aliphatic hydroxyl groups is 1. The zero-order valence-corrected chi connectivity index (χ0v) is 84.5. The van der Waals surface area contributed by atoms with Crippen molar-refractivity contribution in [3.63, 3.8) is 0 Å². The van der Waals surface area contributed by atoms with E-state index >= 15 is 0 Å². The van der Waals surface area contributed by atoms with Crippen LogP contribution in [-0.2, 0) is 37.7 Å². The van der Waals surface area contributed by atoms with Gasteiger partial charge in [0.05, 0.1) is 164 Å². The highest BCUT2D eigenvalue weighted by atomic mass is 35.5. The van der Waals surface area contributed by atoms with E-state index in [0.717, 1.165) is 197 Å². The molecule has 1 aliphatic carbocycles. The number of rotatable bonds is 29. The third kappa shape index (κ3) is 25.9. The van der Waals surface area contributed by atoms with Crippen molar-refractivity contribution >= 4 is 146 Å². The molecule has 2 aliphatic rings. The number of nitrogens with zero attached hydrogens (tertiary/aromatic N) is 23. The molecule has 1 aliphatic heterocycles. The molecule has 9 aromatic heterocycles. The number of likely N-dealkylation sites (tertiary alicyclic amines) is 1. The first-order valence-electron chi connectivity index (χ1n) is 45.6. The van der Waals surface area contributed by atoms with Gasteiger partial charge >= 0.3 is 5.97 Å². The van der Waals surface area contributed by atoms with Crippen molar-refractivity contribution in [2.45, 2.75) is 71.6 Å². The van der Waals surface area contributed by atoms with Crippen LogP contribution in [0.5, 0.6) is 28.7 Å². The highest BCUT2D eigenvalue weighted by Gasteiger charge is 2.49. The normalized spacial score (nSPS) is 13.6. The Bertz CT molecular complexity index is 7170. The summed E-state index contributed by atoms with van der Waals surface area (Å²) in [6.45, 7) is 15.3. The maximum absolute atomic E-state index is 12.8. The molecule has 2 N–H and O–H groups in total. The lowest BCUT2D eigenvalue weighted by Gasteiger charge is -2.34. The molecular formula is C105H114Cl2N24O8S2. The lowest BCUT2D eigenvalue weighted by atomic mass is 9.94. The van der Waals surface area contributed by atoms with Crippen molar-refractivity contribution in [2.75, 3.05) is 108 Å². The van der Waals surface area contributed by atoms with Gasteiger partial charge in [-0.15, -0.1) is 0 Å². The van der Waals surface area contributed by atoms with Crippen LogP contribution in [0.15, 0.2) is 244 Å². The van der Waals surface area contributed by atoms with E-state index in [0.29, 0.717) is 64.9 Å². The average Bonchev–Trinajstić information content (AvgIpc) is 1.64. The van der Waals surface area contributed by atoms with Crippen molar-refractivity contribution < 1.29 is 38.3 Å². The van der Waals surface area contributed by atoms with Crippen molar-refractivity contribution in [3.05, 3.63) is 260 Å². The average molecular weight is 1980 g/mol. The zero-order chi connectivity index (χ0) is 97.4. The predicted molar refractivity (Wildman–Crippen MR) is 565 cm³/mol. The number of anilines is 8. The van der Waals surface area contributed by atoms with E-state index in [2.05, 4.69) is 142 Å². The standard InChI is InChI=1S/C33H40N6O4.C27H23N7O2.C24H28N6O.C21H19Cl2N5O.2H2S/c1-33(2,3)43-32(40)28-14-24-11-21(28)20-38(24)9-10-39(25-12-26(41-5)16-27(13-25)42-6)23-7-8-29-30(15-23)36-31(18-34-29)22-17-35-37(4)19-22;1-33-18-19(16-31-33)26-17-30-24-8-7-20(14-25(24)32-26)34(11-4-6-27-28-9-5-10-29-27)21-12-22(35-2)15-23(13-21)36-3;1-17(2)25-10-11-30(19-6-5-7-21(12-19)31-4)20-8-9-22-23(13-20)28-24(15-26-22)18-14-27-29(3)16-18;1-27-13-14(11-25-27)21-12-24-19-4-3-17(10-20(19)26-21)28(5-2-6-29)18-8-15(22)7-16(23)9-18;;/h7-8,12-13,15-19,21,24,28H,9-11,14,20H2,1-6H3;5,7-10,12-18H,11H2,1-3H3;5-9,12-17,25H,10-11H2,1-4H3;3-4,7-13,29H,2,5-6H2,1H3;2*1H2/t21-,24-,28?;;;;;/m0...../s1. The number of ether oxygens (including phenoxy) is 6. The Labute approximate surface area is 842 Å². The van der Waals surface area contributed by atoms with Gasteiger partial charge < -0.3 is 58.4 Å². The van der Waals surface area contributed by atoms with E-state index in [4.69, 9.17) is 71.6 Å². The van der Waals surface area contributed by atoms with Crippen LogP contribution in [0, 0.1) is 23.7 Å². The van der Waals surface area contributed by atoms with Crippen LogP contribution in [0.3, 0.4) is 0 Å². The van der Waals surface area contributed by atoms with Gasteiger partial charge in [-0.3, -0.25) is 48.4 Å². The van der Waals surface area contributed by atoms with Gasteiger partial charge in [-0.25, -0.2) is 29.9 Å². The largest absolute Gasteiger partial charge is 0.497 e. The molecule has 10 heterocycles. The zero-order valence-electron chi connectivity index (χ0n) is 81.0. The Morgan fingerprint density at radius 3 is 1.23 bits per heavy atom. The van der Waals surface area contributed by atoms with E-state index in [1.54, 1.807) is 128 Å². The molecule has 3 atom stereocenters. The molecule has 32 nitrogen and oxygen atoms in total. The molecule has 1 unspecified atom stereocenters. The van der Waals surface area contributed by atoms with Gasteiger partial charge in [-0.1, -0.05) is 49.0 Å². The van der Waals surface area contributed by atoms with Crippen LogP contribution in [0.1, 0.15) is 59.7 Å². The van der Waals surface area contributed by atoms with Gasteiger partial charge in [0.2, 0.25) is 5.82 Å². The molecule has 1 saturated carbocycles. The molecule has 19 rings (SSSR count). The Kier molecular flexibility index (Phi) is 34.1. The Morgan fingerprint density at radius 1 is 0.454 bits per heavy atom. The molecule has 2 bridgehead atoms.